The van der Waals surface area contributed by atoms with Gasteiger partial charge in [-0.05, 0) is 36.6 Å². The van der Waals surface area contributed by atoms with Crippen molar-refractivity contribution in [2.75, 3.05) is 6.26 Å². The first kappa shape index (κ1) is 16.8. The molecule has 1 aromatic carbocycles. The van der Waals surface area contributed by atoms with Crippen LogP contribution in [-0.2, 0) is 6.42 Å². The Kier molecular flexibility index (Phi) is 5.10. The van der Waals surface area contributed by atoms with Gasteiger partial charge in [0, 0.05) is 11.8 Å². The van der Waals surface area contributed by atoms with Crippen LogP contribution in [0.5, 0.6) is 0 Å². The van der Waals surface area contributed by atoms with Gasteiger partial charge in [-0.25, -0.2) is 9.97 Å². The van der Waals surface area contributed by atoms with E-state index in [9.17, 15) is 0 Å². The maximum atomic E-state index is 9.11. The van der Waals surface area contributed by atoms with Crippen molar-refractivity contribution in [1.82, 2.24) is 14.5 Å². The monoisotopic (exact) mass is 374 g/mol. The smallest absolute Gasteiger partial charge is 0.144 e. The maximum absolute atomic E-state index is 9.11. The fraction of sp³-hybridized carbons (Fsp3) is 0.118. The average molecular weight is 375 g/mol. The van der Waals surface area contributed by atoms with Crippen LogP contribution in [0.15, 0.2) is 47.8 Å². The quantitative estimate of drug-likeness (QED) is 0.600. The fourth-order valence-electron chi connectivity index (χ4n) is 2.37. The number of benzene rings is 1. The molecule has 0 aliphatic heterocycles. The second-order valence-electron chi connectivity index (χ2n) is 4.93. The second-order valence-corrected chi connectivity index (χ2v) is 6.57. The molecule has 120 valence electrons. The average Bonchev–Trinajstić information content (AvgIpc) is 3.01. The minimum absolute atomic E-state index is 0.255. The number of pyridine rings is 1. The first-order chi connectivity index (χ1) is 11.6. The van der Waals surface area contributed by atoms with Gasteiger partial charge >= 0.3 is 0 Å². The van der Waals surface area contributed by atoms with Crippen molar-refractivity contribution >= 4 is 35.0 Å². The van der Waals surface area contributed by atoms with E-state index in [0.29, 0.717) is 15.9 Å². The van der Waals surface area contributed by atoms with Crippen LogP contribution in [0.2, 0.25) is 10.0 Å². The van der Waals surface area contributed by atoms with E-state index in [2.05, 4.69) is 16.0 Å². The Bertz CT molecular complexity index is 931. The van der Waals surface area contributed by atoms with Gasteiger partial charge in [0.05, 0.1) is 45.1 Å². The van der Waals surface area contributed by atoms with Gasteiger partial charge in [-0.2, -0.15) is 5.26 Å². The lowest BCUT2D eigenvalue weighted by Crippen LogP contribution is -2.03. The summed E-state index contributed by atoms with van der Waals surface area (Å²) in [6, 6.07) is 11.4. The van der Waals surface area contributed by atoms with Crippen molar-refractivity contribution in [3.63, 3.8) is 0 Å². The van der Waals surface area contributed by atoms with Crippen LogP contribution in [0.4, 0.5) is 0 Å². The minimum atomic E-state index is 0.255. The van der Waals surface area contributed by atoms with Gasteiger partial charge in [0.1, 0.15) is 5.82 Å². The molecular weight excluding hydrogens is 363 g/mol. The van der Waals surface area contributed by atoms with Crippen molar-refractivity contribution < 1.29 is 0 Å². The van der Waals surface area contributed by atoms with Gasteiger partial charge in [-0.15, -0.1) is 11.8 Å². The number of rotatable bonds is 4. The Hall–Kier alpha value is -2.00. The molecule has 2 aromatic heterocycles. The molecule has 0 atom stereocenters. The highest BCUT2D eigenvalue weighted by molar-refractivity contribution is 7.98. The molecule has 0 spiro atoms. The zero-order valence-electron chi connectivity index (χ0n) is 12.7. The van der Waals surface area contributed by atoms with Gasteiger partial charge in [-0.3, -0.25) is 4.57 Å². The highest BCUT2D eigenvalue weighted by Crippen LogP contribution is 2.30. The second kappa shape index (κ2) is 7.27. The van der Waals surface area contributed by atoms with Gasteiger partial charge in [0.2, 0.25) is 0 Å². The van der Waals surface area contributed by atoms with Crippen molar-refractivity contribution in [3.8, 4) is 23.1 Å². The van der Waals surface area contributed by atoms with Crippen molar-refractivity contribution in [2.45, 2.75) is 11.4 Å². The van der Waals surface area contributed by atoms with Crippen LogP contribution in [0.3, 0.4) is 0 Å². The third-order valence-electron chi connectivity index (χ3n) is 3.46. The molecule has 0 bridgehead atoms. The molecule has 3 aromatic rings. The Balaban J connectivity index is 2.20. The zero-order chi connectivity index (χ0) is 17.1. The van der Waals surface area contributed by atoms with Crippen LogP contribution < -0.4 is 0 Å². The van der Waals surface area contributed by atoms with E-state index in [1.165, 1.54) is 0 Å². The molecule has 0 N–H and O–H groups in total. The first-order valence-electron chi connectivity index (χ1n) is 7.03. The molecule has 0 saturated carbocycles. The van der Waals surface area contributed by atoms with Gasteiger partial charge in [0.25, 0.3) is 0 Å². The molecule has 0 aliphatic carbocycles. The van der Waals surface area contributed by atoms with Gasteiger partial charge in [-0.1, -0.05) is 23.2 Å². The molecule has 24 heavy (non-hydrogen) atoms. The number of aromatic nitrogens is 3. The summed E-state index contributed by atoms with van der Waals surface area (Å²) in [6.07, 6.45) is 5.68. The number of hydrogen-bond acceptors (Lipinski definition) is 4. The standard InChI is InChI=1S/C17H12Cl2N4S/c1-24-16-9-12(5-7-21-16)23-13(4-6-20)10-22-17(23)11-2-3-14(18)15(19)8-11/h2-3,5,7-10H,4H2,1H3. The normalized spacial score (nSPS) is 10.6. The van der Waals surface area contributed by atoms with Gasteiger partial charge in [0.15, 0.2) is 0 Å². The molecule has 4 nitrogen and oxygen atoms in total. The molecule has 0 unspecified atom stereocenters. The van der Waals surface area contributed by atoms with E-state index < -0.39 is 0 Å². The van der Waals surface area contributed by atoms with E-state index in [1.54, 1.807) is 36.3 Å². The molecule has 3 rings (SSSR count). The molecule has 0 amide bonds. The van der Waals surface area contributed by atoms with E-state index in [-0.39, 0.29) is 6.42 Å². The summed E-state index contributed by atoms with van der Waals surface area (Å²) in [6.45, 7) is 0. The third-order valence-corrected chi connectivity index (χ3v) is 4.84. The highest BCUT2D eigenvalue weighted by atomic mass is 35.5. The summed E-state index contributed by atoms with van der Waals surface area (Å²) >= 11 is 13.7. The summed E-state index contributed by atoms with van der Waals surface area (Å²) in [7, 11) is 0. The summed E-state index contributed by atoms with van der Waals surface area (Å²) in [5, 5.41) is 11.0. The van der Waals surface area contributed by atoms with Crippen molar-refractivity contribution in [1.29, 1.82) is 5.26 Å². The zero-order valence-corrected chi connectivity index (χ0v) is 15.0. The lowest BCUT2D eigenvalue weighted by molar-refractivity contribution is 0.960. The molecule has 0 saturated heterocycles. The van der Waals surface area contributed by atoms with Crippen molar-refractivity contribution in [2.24, 2.45) is 0 Å². The van der Waals surface area contributed by atoms with Crippen LogP contribution in [0, 0.1) is 11.3 Å². The number of halogens is 2. The number of thioether (sulfide) groups is 1. The summed E-state index contributed by atoms with van der Waals surface area (Å²) in [4.78, 5) is 8.79. The van der Waals surface area contributed by atoms with Crippen molar-refractivity contribution in [3.05, 3.63) is 58.5 Å². The van der Waals surface area contributed by atoms with E-state index in [4.69, 9.17) is 28.5 Å². The lowest BCUT2D eigenvalue weighted by Gasteiger charge is -2.12. The summed E-state index contributed by atoms with van der Waals surface area (Å²) in [5.41, 5.74) is 2.53. The largest absolute Gasteiger partial charge is 0.296 e. The summed E-state index contributed by atoms with van der Waals surface area (Å²) < 4.78 is 1.95. The van der Waals surface area contributed by atoms with Crippen LogP contribution in [0.25, 0.3) is 17.1 Å². The molecular formula is C17H12Cl2N4S. The summed E-state index contributed by atoms with van der Waals surface area (Å²) in [5.74, 6) is 0.706. The Morgan fingerprint density at radius 1 is 1.17 bits per heavy atom. The highest BCUT2D eigenvalue weighted by Gasteiger charge is 2.15. The number of nitriles is 1. The molecule has 0 radical (unpaired) electrons. The Labute approximate surface area is 154 Å². The van der Waals surface area contributed by atoms with Crippen LogP contribution in [-0.4, -0.2) is 20.8 Å². The number of hydrogen-bond donors (Lipinski definition) is 0. The predicted octanol–water partition coefficient (Wildman–Crippen LogP) is 5.03. The lowest BCUT2D eigenvalue weighted by atomic mass is 10.2. The predicted molar refractivity (Wildman–Crippen MR) is 97.9 cm³/mol. The number of imidazole rings is 1. The minimum Gasteiger partial charge on any atom is -0.296 e. The van der Waals surface area contributed by atoms with Crippen LogP contribution >= 0.6 is 35.0 Å². The van der Waals surface area contributed by atoms with E-state index >= 15 is 0 Å². The first-order valence-corrected chi connectivity index (χ1v) is 9.01. The SMILES string of the molecule is CSc1cc(-n2c(CC#N)cnc2-c2ccc(Cl)c(Cl)c2)ccn1. The number of nitrogens with zero attached hydrogens (tertiary/aromatic N) is 4. The maximum Gasteiger partial charge on any atom is 0.144 e. The van der Waals surface area contributed by atoms with E-state index in [0.717, 1.165) is 22.0 Å². The molecule has 7 heteroatoms. The van der Waals surface area contributed by atoms with Crippen LogP contribution in [0.1, 0.15) is 5.69 Å². The Morgan fingerprint density at radius 2 is 2.00 bits per heavy atom. The fourth-order valence-corrected chi connectivity index (χ4v) is 3.07. The third kappa shape index (κ3) is 3.27. The molecule has 2 heterocycles. The Morgan fingerprint density at radius 3 is 2.71 bits per heavy atom. The molecule has 0 fully saturated rings. The molecule has 0 aliphatic rings. The van der Waals surface area contributed by atoms with E-state index in [1.807, 2.05) is 29.0 Å². The topological polar surface area (TPSA) is 54.5 Å². The van der Waals surface area contributed by atoms with Gasteiger partial charge < -0.3 is 0 Å².